The fraction of sp³-hybridized carbons (Fsp3) is 0.700. The summed E-state index contributed by atoms with van der Waals surface area (Å²) in [6, 6.07) is -0.00134. The molecule has 0 saturated carbocycles. The van der Waals surface area contributed by atoms with Crippen LogP contribution in [0.3, 0.4) is 0 Å². The molecule has 0 unspecified atom stereocenters. The summed E-state index contributed by atoms with van der Waals surface area (Å²) < 4.78 is 13.0. The largest absolute Gasteiger partial charge is 0.323 e. The van der Waals surface area contributed by atoms with Crippen LogP contribution in [0.25, 0.3) is 0 Å². The van der Waals surface area contributed by atoms with Crippen molar-refractivity contribution in [3.05, 3.63) is 11.9 Å². The number of amides is 2. The fourth-order valence-electron chi connectivity index (χ4n) is 1.82. The minimum Gasteiger partial charge on any atom is -0.323 e. The molecular formula is C10H15FN2OS. The second-order valence-electron chi connectivity index (χ2n) is 3.74. The zero-order valence-corrected chi connectivity index (χ0v) is 9.43. The summed E-state index contributed by atoms with van der Waals surface area (Å²) in [7, 11) is 0. The number of thioether (sulfide) groups is 1. The minimum atomic E-state index is -0.180. The van der Waals surface area contributed by atoms with Crippen LogP contribution in [0.5, 0.6) is 0 Å². The second kappa shape index (κ2) is 4.88. The molecule has 0 atom stereocenters. The average molecular weight is 230 g/mol. The highest BCUT2D eigenvalue weighted by Crippen LogP contribution is 2.15. The number of rotatable bonds is 0. The van der Waals surface area contributed by atoms with Gasteiger partial charge >= 0.3 is 6.03 Å². The lowest BCUT2D eigenvalue weighted by Gasteiger charge is -2.33. The summed E-state index contributed by atoms with van der Waals surface area (Å²) in [6.45, 7) is 2.40. The maximum absolute atomic E-state index is 13.0. The van der Waals surface area contributed by atoms with Crippen molar-refractivity contribution in [3.63, 3.8) is 0 Å². The Bertz CT molecular complexity index is 277. The monoisotopic (exact) mass is 230 g/mol. The Labute approximate surface area is 93.3 Å². The van der Waals surface area contributed by atoms with Crippen molar-refractivity contribution in [1.29, 1.82) is 0 Å². The number of halogens is 1. The molecule has 2 aliphatic rings. The van der Waals surface area contributed by atoms with Crippen LogP contribution in [0.2, 0.25) is 0 Å². The number of hydrogen-bond acceptors (Lipinski definition) is 2. The van der Waals surface area contributed by atoms with E-state index in [1.165, 1.54) is 0 Å². The average Bonchev–Trinajstić information content (AvgIpc) is 2.29. The maximum Gasteiger partial charge on any atom is 0.320 e. The van der Waals surface area contributed by atoms with E-state index in [4.69, 9.17) is 0 Å². The first-order chi connectivity index (χ1) is 7.27. The molecule has 5 heteroatoms. The third-order valence-electron chi connectivity index (χ3n) is 2.66. The topological polar surface area (TPSA) is 23.6 Å². The van der Waals surface area contributed by atoms with Gasteiger partial charge in [-0.15, -0.1) is 0 Å². The van der Waals surface area contributed by atoms with E-state index < -0.39 is 0 Å². The van der Waals surface area contributed by atoms with Crippen molar-refractivity contribution in [3.8, 4) is 0 Å². The molecule has 0 aromatic rings. The summed E-state index contributed by atoms with van der Waals surface area (Å²) in [5.41, 5.74) is 0. The Morgan fingerprint density at radius 1 is 1.27 bits per heavy atom. The summed E-state index contributed by atoms with van der Waals surface area (Å²) in [5, 5.41) is 0. The van der Waals surface area contributed by atoms with E-state index in [2.05, 4.69) is 0 Å². The van der Waals surface area contributed by atoms with Crippen LogP contribution in [0.4, 0.5) is 9.18 Å². The van der Waals surface area contributed by atoms with E-state index in [-0.39, 0.29) is 18.4 Å². The van der Waals surface area contributed by atoms with Gasteiger partial charge in [-0.3, -0.25) is 0 Å². The minimum absolute atomic E-state index is 0.00134. The van der Waals surface area contributed by atoms with Gasteiger partial charge in [-0.05, 0) is 12.5 Å². The van der Waals surface area contributed by atoms with Crippen LogP contribution in [0, 0.1) is 0 Å². The van der Waals surface area contributed by atoms with Crippen molar-refractivity contribution in [1.82, 2.24) is 9.80 Å². The van der Waals surface area contributed by atoms with Crippen molar-refractivity contribution < 1.29 is 9.18 Å². The summed E-state index contributed by atoms with van der Waals surface area (Å²) in [6.07, 6.45) is 2.20. The van der Waals surface area contributed by atoms with Gasteiger partial charge in [0.15, 0.2) is 0 Å². The summed E-state index contributed by atoms with van der Waals surface area (Å²) >= 11 is 1.87. The molecule has 15 heavy (non-hydrogen) atoms. The molecule has 0 N–H and O–H groups in total. The standard InChI is InChI=1S/C10H15FN2OS/c11-9-2-1-3-13(8-9)10(14)12-4-6-15-7-5-12/h2H,1,3-8H2. The van der Waals surface area contributed by atoms with Gasteiger partial charge in [0.05, 0.1) is 6.54 Å². The number of carbonyl (C=O) groups is 1. The third kappa shape index (κ3) is 2.65. The van der Waals surface area contributed by atoms with Crippen molar-refractivity contribution in [2.45, 2.75) is 6.42 Å². The molecule has 0 aliphatic carbocycles. The van der Waals surface area contributed by atoms with Crippen LogP contribution in [-0.2, 0) is 0 Å². The second-order valence-corrected chi connectivity index (χ2v) is 4.97. The predicted molar refractivity (Wildman–Crippen MR) is 59.7 cm³/mol. The zero-order valence-electron chi connectivity index (χ0n) is 8.62. The van der Waals surface area contributed by atoms with Crippen LogP contribution in [-0.4, -0.2) is 53.5 Å². The quantitative estimate of drug-likeness (QED) is 0.632. The lowest BCUT2D eigenvalue weighted by atomic mass is 10.2. The fourth-order valence-corrected chi connectivity index (χ4v) is 2.72. The lowest BCUT2D eigenvalue weighted by Crippen LogP contribution is -2.48. The number of hydrogen-bond donors (Lipinski definition) is 0. The number of nitrogens with zero attached hydrogens (tertiary/aromatic N) is 2. The maximum atomic E-state index is 13.0. The van der Waals surface area contributed by atoms with Crippen LogP contribution in [0.15, 0.2) is 11.9 Å². The van der Waals surface area contributed by atoms with E-state index in [1.54, 1.807) is 11.0 Å². The summed E-state index contributed by atoms with van der Waals surface area (Å²) in [5.74, 6) is 1.82. The SMILES string of the molecule is O=C(N1CCSCC1)N1CCC=C(F)C1. The molecule has 2 aliphatic heterocycles. The van der Waals surface area contributed by atoms with Crippen molar-refractivity contribution >= 4 is 17.8 Å². The van der Waals surface area contributed by atoms with Crippen LogP contribution < -0.4 is 0 Å². The number of urea groups is 1. The van der Waals surface area contributed by atoms with E-state index >= 15 is 0 Å². The molecule has 0 aromatic heterocycles. The molecule has 2 rings (SSSR count). The van der Waals surface area contributed by atoms with Gasteiger partial charge in [-0.2, -0.15) is 11.8 Å². The molecule has 2 heterocycles. The molecule has 0 spiro atoms. The first-order valence-electron chi connectivity index (χ1n) is 5.23. The normalized spacial score (nSPS) is 22.6. The molecule has 0 bridgehead atoms. The number of carbonyl (C=O) groups excluding carboxylic acids is 1. The van der Waals surface area contributed by atoms with E-state index in [9.17, 15) is 9.18 Å². The Balaban J connectivity index is 1.92. The molecule has 1 fully saturated rings. The van der Waals surface area contributed by atoms with Gasteiger partial charge in [0.25, 0.3) is 0 Å². The third-order valence-corrected chi connectivity index (χ3v) is 3.60. The van der Waals surface area contributed by atoms with E-state index in [1.807, 2.05) is 16.7 Å². The Morgan fingerprint density at radius 3 is 2.67 bits per heavy atom. The van der Waals surface area contributed by atoms with Crippen molar-refractivity contribution in [2.75, 3.05) is 37.7 Å². The van der Waals surface area contributed by atoms with E-state index in [0.29, 0.717) is 13.0 Å². The van der Waals surface area contributed by atoms with Gasteiger partial charge in [-0.25, -0.2) is 9.18 Å². The highest BCUT2D eigenvalue weighted by atomic mass is 32.2. The zero-order chi connectivity index (χ0) is 10.7. The van der Waals surface area contributed by atoms with Gasteiger partial charge in [0, 0.05) is 31.1 Å². The summed E-state index contributed by atoms with van der Waals surface area (Å²) in [4.78, 5) is 15.4. The smallest absolute Gasteiger partial charge is 0.320 e. The van der Waals surface area contributed by atoms with Crippen LogP contribution in [0.1, 0.15) is 6.42 Å². The highest BCUT2D eigenvalue weighted by Gasteiger charge is 2.24. The van der Waals surface area contributed by atoms with Gasteiger partial charge in [0.2, 0.25) is 0 Å². The molecular weight excluding hydrogens is 215 g/mol. The molecule has 84 valence electrons. The molecule has 0 radical (unpaired) electrons. The Hall–Kier alpha value is -0.710. The Morgan fingerprint density at radius 2 is 2.00 bits per heavy atom. The predicted octanol–water partition coefficient (Wildman–Crippen LogP) is 1.71. The molecule has 2 amide bonds. The van der Waals surface area contributed by atoms with Gasteiger partial charge < -0.3 is 9.80 Å². The first kappa shape index (κ1) is 10.8. The Kier molecular flexibility index (Phi) is 3.51. The van der Waals surface area contributed by atoms with Crippen LogP contribution >= 0.6 is 11.8 Å². The molecule has 0 aromatic carbocycles. The lowest BCUT2D eigenvalue weighted by molar-refractivity contribution is 0.156. The van der Waals surface area contributed by atoms with Gasteiger partial charge in [0.1, 0.15) is 5.83 Å². The highest BCUT2D eigenvalue weighted by molar-refractivity contribution is 7.99. The molecule has 3 nitrogen and oxygen atoms in total. The van der Waals surface area contributed by atoms with E-state index in [0.717, 1.165) is 24.6 Å². The first-order valence-corrected chi connectivity index (χ1v) is 6.39. The van der Waals surface area contributed by atoms with Gasteiger partial charge in [-0.1, -0.05) is 0 Å². The molecule has 1 saturated heterocycles. The van der Waals surface area contributed by atoms with Crippen molar-refractivity contribution in [2.24, 2.45) is 0 Å².